The first-order valence-corrected chi connectivity index (χ1v) is 5.49. The van der Waals surface area contributed by atoms with Crippen LogP contribution in [0.2, 0.25) is 0 Å². The smallest absolute Gasteiger partial charge is 0.122 e. The third kappa shape index (κ3) is 3.56. The Morgan fingerprint density at radius 2 is 1.93 bits per heavy atom. The molecule has 1 aromatic carbocycles. The number of aryl methyl sites for hydroxylation is 1. The molecule has 2 heteroatoms. The van der Waals surface area contributed by atoms with E-state index < -0.39 is 0 Å². The normalized spacial score (nSPS) is 12.9. The van der Waals surface area contributed by atoms with Crippen LogP contribution in [0, 0.1) is 12.8 Å². The molecule has 0 amide bonds. The molecule has 0 radical (unpaired) electrons. The molecule has 84 valence electrons. The molecule has 2 N–H and O–H groups in total. The van der Waals surface area contributed by atoms with Gasteiger partial charge in [-0.1, -0.05) is 26.0 Å². The average Bonchev–Trinajstić information content (AvgIpc) is 2.15. The molecule has 0 aliphatic heterocycles. The minimum atomic E-state index is 0.0860. The van der Waals surface area contributed by atoms with Crippen molar-refractivity contribution in [3.63, 3.8) is 0 Å². The fourth-order valence-electron chi connectivity index (χ4n) is 1.37. The van der Waals surface area contributed by atoms with E-state index in [0.717, 1.165) is 23.5 Å². The van der Waals surface area contributed by atoms with Crippen LogP contribution >= 0.6 is 0 Å². The number of hydrogen-bond donors (Lipinski definition) is 1. The SMILES string of the molecule is Cc1cc(C(C)N)ccc1OCC(C)C. The lowest BCUT2D eigenvalue weighted by atomic mass is 10.1. The van der Waals surface area contributed by atoms with Crippen LogP contribution < -0.4 is 10.5 Å². The molecule has 1 unspecified atom stereocenters. The summed E-state index contributed by atoms with van der Waals surface area (Å²) in [5.74, 6) is 1.52. The Balaban J connectivity index is 2.75. The third-order valence-corrected chi connectivity index (χ3v) is 2.30. The lowest BCUT2D eigenvalue weighted by Crippen LogP contribution is -2.07. The van der Waals surface area contributed by atoms with Crippen LogP contribution in [0.3, 0.4) is 0 Å². The van der Waals surface area contributed by atoms with Crippen molar-refractivity contribution < 1.29 is 4.74 Å². The Kier molecular flexibility index (Phi) is 4.15. The van der Waals surface area contributed by atoms with Gasteiger partial charge in [0.25, 0.3) is 0 Å². The van der Waals surface area contributed by atoms with E-state index in [1.807, 2.05) is 19.1 Å². The standard InChI is InChI=1S/C13H21NO/c1-9(2)8-15-13-6-5-12(11(4)14)7-10(13)3/h5-7,9,11H,8,14H2,1-4H3. The molecular formula is C13H21NO. The predicted octanol–water partition coefficient (Wildman–Crippen LogP) is 3.05. The Bertz CT molecular complexity index is 318. The van der Waals surface area contributed by atoms with Gasteiger partial charge in [0.1, 0.15) is 5.75 Å². The highest BCUT2D eigenvalue weighted by molar-refractivity contribution is 5.37. The van der Waals surface area contributed by atoms with Crippen LogP contribution in [0.4, 0.5) is 0 Å². The number of ether oxygens (including phenoxy) is 1. The van der Waals surface area contributed by atoms with Crippen molar-refractivity contribution in [3.05, 3.63) is 29.3 Å². The van der Waals surface area contributed by atoms with E-state index in [2.05, 4.69) is 26.8 Å². The Morgan fingerprint density at radius 3 is 2.40 bits per heavy atom. The average molecular weight is 207 g/mol. The molecule has 1 aromatic rings. The molecule has 0 aliphatic rings. The molecule has 0 heterocycles. The van der Waals surface area contributed by atoms with Crippen molar-refractivity contribution in [1.82, 2.24) is 0 Å². The Labute approximate surface area is 92.4 Å². The quantitative estimate of drug-likeness (QED) is 0.823. The van der Waals surface area contributed by atoms with Gasteiger partial charge in [0.05, 0.1) is 6.61 Å². The minimum absolute atomic E-state index is 0.0860. The second kappa shape index (κ2) is 5.17. The monoisotopic (exact) mass is 207 g/mol. The fraction of sp³-hybridized carbons (Fsp3) is 0.538. The summed E-state index contributed by atoms with van der Waals surface area (Å²) in [6, 6.07) is 6.23. The molecule has 0 aliphatic carbocycles. The van der Waals surface area contributed by atoms with Crippen LogP contribution in [0.1, 0.15) is 37.9 Å². The molecular weight excluding hydrogens is 186 g/mol. The lowest BCUT2D eigenvalue weighted by molar-refractivity contribution is 0.269. The summed E-state index contributed by atoms with van der Waals surface area (Å²) in [6.07, 6.45) is 0. The summed E-state index contributed by atoms with van der Waals surface area (Å²) < 4.78 is 5.69. The van der Waals surface area contributed by atoms with Crippen LogP contribution in [0.15, 0.2) is 18.2 Å². The van der Waals surface area contributed by atoms with Gasteiger partial charge in [-0.05, 0) is 37.0 Å². The summed E-state index contributed by atoms with van der Waals surface area (Å²) in [5, 5.41) is 0. The molecule has 0 saturated heterocycles. The molecule has 0 spiro atoms. The minimum Gasteiger partial charge on any atom is -0.493 e. The Hall–Kier alpha value is -1.02. The molecule has 1 rings (SSSR count). The van der Waals surface area contributed by atoms with E-state index >= 15 is 0 Å². The third-order valence-electron chi connectivity index (χ3n) is 2.30. The molecule has 0 saturated carbocycles. The van der Waals surface area contributed by atoms with Crippen molar-refractivity contribution in [1.29, 1.82) is 0 Å². The van der Waals surface area contributed by atoms with Gasteiger partial charge in [0.15, 0.2) is 0 Å². The molecule has 1 atom stereocenters. The van der Waals surface area contributed by atoms with Crippen LogP contribution in [-0.4, -0.2) is 6.61 Å². The van der Waals surface area contributed by atoms with Gasteiger partial charge in [-0.15, -0.1) is 0 Å². The lowest BCUT2D eigenvalue weighted by Gasteiger charge is -2.13. The highest BCUT2D eigenvalue weighted by Crippen LogP contribution is 2.22. The van der Waals surface area contributed by atoms with Gasteiger partial charge < -0.3 is 10.5 Å². The first kappa shape index (κ1) is 12.1. The summed E-state index contributed by atoms with van der Waals surface area (Å²) in [7, 11) is 0. The van der Waals surface area contributed by atoms with E-state index in [9.17, 15) is 0 Å². The molecule has 0 fully saturated rings. The zero-order chi connectivity index (χ0) is 11.4. The molecule has 0 bridgehead atoms. The van der Waals surface area contributed by atoms with E-state index in [1.54, 1.807) is 0 Å². The number of benzene rings is 1. The topological polar surface area (TPSA) is 35.2 Å². The van der Waals surface area contributed by atoms with E-state index in [1.165, 1.54) is 0 Å². The zero-order valence-electron chi connectivity index (χ0n) is 10.1. The van der Waals surface area contributed by atoms with Crippen molar-refractivity contribution in [2.75, 3.05) is 6.61 Å². The van der Waals surface area contributed by atoms with Crippen LogP contribution in [-0.2, 0) is 0 Å². The fourth-order valence-corrected chi connectivity index (χ4v) is 1.37. The van der Waals surface area contributed by atoms with Gasteiger partial charge in [0.2, 0.25) is 0 Å². The zero-order valence-corrected chi connectivity index (χ0v) is 10.1. The van der Waals surface area contributed by atoms with E-state index in [-0.39, 0.29) is 6.04 Å². The summed E-state index contributed by atoms with van der Waals surface area (Å²) in [5.41, 5.74) is 8.13. The van der Waals surface area contributed by atoms with Crippen molar-refractivity contribution in [2.24, 2.45) is 11.7 Å². The Morgan fingerprint density at radius 1 is 1.27 bits per heavy atom. The van der Waals surface area contributed by atoms with Gasteiger partial charge in [0, 0.05) is 6.04 Å². The maximum Gasteiger partial charge on any atom is 0.122 e. The first-order chi connectivity index (χ1) is 7.00. The van der Waals surface area contributed by atoms with Gasteiger partial charge in [-0.25, -0.2) is 0 Å². The number of nitrogens with two attached hydrogens (primary N) is 1. The van der Waals surface area contributed by atoms with Crippen molar-refractivity contribution >= 4 is 0 Å². The second-order valence-corrected chi connectivity index (χ2v) is 4.52. The molecule has 15 heavy (non-hydrogen) atoms. The number of hydrogen-bond acceptors (Lipinski definition) is 2. The van der Waals surface area contributed by atoms with Crippen molar-refractivity contribution in [2.45, 2.75) is 33.7 Å². The van der Waals surface area contributed by atoms with Gasteiger partial charge in [-0.2, -0.15) is 0 Å². The summed E-state index contributed by atoms with van der Waals surface area (Å²) in [6.45, 7) is 9.10. The van der Waals surface area contributed by atoms with Crippen LogP contribution in [0.5, 0.6) is 5.75 Å². The highest BCUT2D eigenvalue weighted by atomic mass is 16.5. The van der Waals surface area contributed by atoms with E-state index in [0.29, 0.717) is 5.92 Å². The number of rotatable bonds is 4. The van der Waals surface area contributed by atoms with E-state index in [4.69, 9.17) is 10.5 Å². The largest absolute Gasteiger partial charge is 0.493 e. The second-order valence-electron chi connectivity index (χ2n) is 4.52. The summed E-state index contributed by atoms with van der Waals surface area (Å²) in [4.78, 5) is 0. The highest BCUT2D eigenvalue weighted by Gasteiger charge is 2.04. The van der Waals surface area contributed by atoms with Gasteiger partial charge in [-0.3, -0.25) is 0 Å². The molecule has 2 nitrogen and oxygen atoms in total. The summed E-state index contributed by atoms with van der Waals surface area (Å²) >= 11 is 0. The maximum atomic E-state index is 5.81. The van der Waals surface area contributed by atoms with Crippen molar-refractivity contribution in [3.8, 4) is 5.75 Å². The molecule has 0 aromatic heterocycles. The van der Waals surface area contributed by atoms with Crippen LogP contribution in [0.25, 0.3) is 0 Å². The first-order valence-electron chi connectivity index (χ1n) is 5.49. The predicted molar refractivity (Wildman–Crippen MR) is 64.1 cm³/mol. The maximum absolute atomic E-state index is 5.81. The van der Waals surface area contributed by atoms with Gasteiger partial charge >= 0.3 is 0 Å².